The van der Waals surface area contributed by atoms with Gasteiger partial charge in [-0.15, -0.1) is 0 Å². The molecule has 0 bridgehead atoms. The van der Waals surface area contributed by atoms with Gasteiger partial charge in [-0.1, -0.05) is 0 Å². The number of aliphatic hydroxyl groups is 1. The second kappa shape index (κ2) is 7.58. The molecule has 3 atom stereocenters. The first-order valence-corrected chi connectivity index (χ1v) is 7.34. The van der Waals surface area contributed by atoms with Crippen LogP contribution >= 0.6 is 0 Å². The molecule has 2 saturated heterocycles. The molecular formula is C13H23N3O5. The highest BCUT2D eigenvalue weighted by Crippen LogP contribution is 2.22. The van der Waals surface area contributed by atoms with Gasteiger partial charge in [0.05, 0.1) is 12.7 Å². The fraction of sp³-hybridized carbons (Fsp3) is 0.846. The normalized spacial score (nSPS) is 26.9. The minimum atomic E-state index is -1.45. The fourth-order valence-electron chi connectivity index (χ4n) is 2.72. The molecular weight excluding hydrogens is 278 g/mol. The molecule has 0 saturated carbocycles. The van der Waals surface area contributed by atoms with Crippen molar-refractivity contribution in [3.05, 3.63) is 0 Å². The molecule has 0 aromatic rings. The number of hydrogen-bond acceptors (Lipinski definition) is 5. The number of aliphatic carboxylic acids is 1. The van der Waals surface area contributed by atoms with E-state index in [-0.39, 0.29) is 25.1 Å². The average Bonchev–Trinajstić information content (AvgIpc) is 2.92. The predicted molar refractivity (Wildman–Crippen MR) is 74.0 cm³/mol. The molecule has 2 aliphatic rings. The monoisotopic (exact) mass is 301 g/mol. The predicted octanol–water partition coefficient (Wildman–Crippen LogP) is -1.02. The summed E-state index contributed by atoms with van der Waals surface area (Å²) in [4.78, 5) is 24.3. The van der Waals surface area contributed by atoms with Crippen molar-refractivity contribution < 1.29 is 24.5 Å². The molecule has 21 heavy (non-hydrogen) atoms. The van der Waals surface area contributed by atoms with E-state index in [9.17, 15) is 9.59 Å². The van der Waals surface area contributed by atoms with E-state index in [4.69, 9.17) is 14.9 Å². The third-order valence-electron chi connectivity index (χ3n) is 3.94. The summed E-state index contributed by atoms with van der Waals surface area (Å²) in [5.41, 5.74) is 0. The van der Waals surface area contributed by atoms with E-state index < -0.39 is 12.1 Å². The van der Waals surface area contributed by atoms with Crippen LogP contribution in [0.4, 0.5) is 4.79 Å². The molecule has 0 radical (unpaired) electrons. The minimum Gasteiger partial charge on any atom is -0.479 e. The summed E-state index contributed by atoms with van der Waals surface area (Å²) in [6.07, 6.45) is 0.930. The number of ether oxygens (including phenoxy) is 1. The van der Waals surface area contributed by atoms with Gasteiger partial charge in [0.1, 0.15) is 0 Å². The molecule has 2 rings (SSSR count). The van der Waals surface area contributed by atoms with Gasteiger partial charge < -0.3 is 25.6 Å². The lowest BCUT2D eigenvalue weighted by molar-refractivity contribution is -0.146. The lowest BCUT2D eigenvalue weighted by atomic mass is 10.2. The van der Waals surface area contributed by atoms with E-state index in [1.807, 2.05) is 0 Å². The largest absolute Gasteiger partial charge is 0.479 e. The van der Waals surface area contributed by atoms with E-state index in [2.05, 4.69) is 15.5 Å². The van der Waals surface area contributed by atoms with Crippen LogP contribution in [0.3, 0.4) is 0 Å². The summed E-state index contributed by atoms with van der Waals surface area (Å²) in [5.74, 6) is -1.28. The van der Waals surface area contributed by atoms with Crippen LogP contribution in [-0.2, 0) is 9.53 Å². The van der Waals surface area contributed by atoms with Gasteiger partial charge in [0.15, 0.2) is 6.10 Å². The fourth-order valence-corrected chi connectivity index (χ4v) is 2.72. The van der Waals surface area contributed by atoms with Gasteiger partial charge >= 0.3 is 12.0 Å². The number of aliphatic hydroxyl groups excluding tert-OH is 1. The number of carboxylic acid groups (broad SMARTS) is 1. The van der Waals surface area contributed by atoms with Crippen LogP contribution < -0.4 is 10.6 Å². The lowest BCUT2D eigenvalue weighted by Gasteiger charge is -2.35. The molecule has 0 aliphatic carbocycles. The summed E-state index contributed by atoms with van der Waals surface area (Å²) < 4.78 is 5.71. The van der Waals surface area contributed by atoms with Crippen LogP contribution in [-0.4, -0.2) is 78.1 Å². The molecule has 0 spiro atoms. The molecule has 8 heteroatoms. The standard InChI is InChI=1S/C13H23N3O5/c17-11(12(18)19)3-4-14-13(20)15-6-10-7-16-5-1-2-9(16)8-21-10/h9-11,17H,1-8H2,(H,18,19)(H2,14,15,20). The zero-order chi connectivity index (χ0) is 15.2. The zero-order valence-electron chi connectivity index (χ0n) is 12.0. The molecule has 2 heterocycles. The number of hydrogen-bond donors (Lipinski definition) is 4. The Morgan fingerprint density at radius 3 is 2.95 bits per heavy atom. The van der Waals surface area contributed by atoms with Gasteiger partial charge in [-0.05, 0) is 19.4 Å². The minimum absolute atomic E-state index is 0.00490. The van der Waals surface area contributed by atoms with Gasteiger partial charge in [0, 0.05) is 32.1 Å². The van der Waals surface area contributed by atoms with Gasteiger partial charge in [0.25, 0.3) is 0 Å². The Hall–Kier alpha value is -1.38. The number of carbonyl (C=O) groups is 2. The zero-order valence-corrected chi connectivity index (χ0v) is 12.0. The molecule has 2 amide bonds. The van der Waals surface area contributed by atoms with Gasteiger partial charge in [-0.3, -0.25) is 4.90 Å². The van der Waals surface area contributed by atoms with Crippen LogP contribution in [0, 0.1) is 0 Å². The lowest BCUT2D eigenvalue weighted by Crippen LogP contribution is -2.51. The van der Waals surface area contributed by atoms with Crippen LogP contribution in [0.5, 0.6) is 0 Å². The first-order valence-electron chi connectivity index (χ1n) is 7.34. The molecule has 8 nitrogen and oxygen atoms in total. The smallest absolute Gasteiger partial charge is 0.332 e. The number of nitrogens with zero attached hydrogens (tertiary/aromatic N) is 1. The highest BCUT2D eigenvalue weighted by atomic mass is 16.5. The Morgan fingerprint density at radius 2 is 2.19 bits per heavy atom. The second-order valence-corrected chi connectivity index (χ2v) is 5.53. The first kappa shape index (κ1) is 16.0. The molecule has 0 aromatic heterocycles. The van der Waals surface area contributed by atoms with Crippen molar-refractivity contribution in [2.45, 2.75) is 37.5 Å². The Bertz CT molecular complexity index is 379. The van der Waals surface area contributed by atoms with Gasteiger partial charge in [-0.2, -0.15) is 0 Å². The van der Waals surface area contributed by atoms with E-state index in [1.54, 1.807) is 0 Å². The second-order valence-electron chi connectivity index (χ2n) is 5.53. The highest BCUT2D eigenvalue weighted by Gasteiger charge is 2.32. The molecule has 2 aliphatic heterocycles. The van der Waals surface area contributed by atoms with Crippen LogP contribution in [0.1, 0.15) is 19.3 Å². The van der Waals surface area contributed by atoms with Gasteiger partial charge in [0.2, 0.25) is 0 Å². The number of carbonyl (C=O) groups excluding carboxylic acids is 1. The Labute approximate surface area is 123 Å². The summed E-state index contributed by atoms with van der Waals surface area (Å²) >= 11 is 0. The average molecular weight is 301 g/mol. The van der Waals surface area contributed by atoms with Crippen molar-refractivity contribution in [2.24, 2.45) is 0 Å². The number of morpholine rings is 1. The Balaban J connectivity index is 1.57. The SMILES string of the molecule is O=C(NCCC(O)C(=O)O)NCC1CN2CCCC2CO1. The van der Waals surface area contributed by atoms with Crippen molar-refractivity contribution >= 4 is 12.0 Å². The quantitative estimate of drug-likeness (QED) is 0.500. The molecule has 120 valence electrons. The molecule has 2 fully saturated rings. The summed E-state index contributed by atoms with van der Waals surface area (Å²) in [6, 6.07) is 0.160. The van der Waals surface area contributed by atoms with Crippen molar-refractivity contribution in [1.82, 2.24) is 15.5 Å². The third-order valence-corrected chi connectivity index (χ3v) is 3.94. The summed E-state index contributed by atoms with van der Waals surface area (Å²) in [5, 5.41) is 22.8. The first-order chi connectivity index (χ1) is 10.1. The number of rotatable bonds is 6. The summed E-state index contributed by atoms with van der Waals surface area (Å²) in [7, 11) is 0. The Kier molecular flexibility index (Phi) is 5.77. The Morgan fingerprint density at radius 1 is 1.38 bits per heavy atom. The number of fused-ring (bicyclic) bond motifs is 1. The van der Waals surface area contributed by atoms with Crippen LogP contribution in [0.25, 0.3) is 0 Å². The number of urea groups is 1. The maximum absolute atomic E-state index is 11.5. The van der Waals surface area contributed by atoms with E-state index in [1.165, 1.54) is 12.8 Å². The van der Waals surface area contributed by atoms with Gasteiger partial charge in [-0.25, -0.2) is 9.59 Å². The molecule has 4 N–H and O–H groups in total. The van der Waals surface area contributed by atoms with Crippen molar-refractivity contribution in [2.75, 3.05) is 32.8 Å². The van der Waals surface area contributed by atoms with Crippen LogP contribution in [0.15, 0.2) is 0 Å². The maximum atomic E-state index is 11.5. The van der Waals surface area contributed by atoms with Crippen LogP contribution in [0.2, 0.25) is 0 Å². The molecule has 3 unspecified atom stereocenters. The number of amides is 2. The molecule has 0 aromatic carbocycles. The van der Waals surface area contributed by atoms with Crippen molar-refractivity contribution in [3.8, 4) is 0 Å². The van der Waals surface area contributed by atoms with E-state index in [0.717, 1.165) is 19.7 Å². The summed E-state index contributed by atoms with van der Waals surface area (Å²) in [6.45, 7) is 3.20. The van der Waals surface area contributed by atoms with E-state index in [0.29, 0.717) is 12.6 Å². The maximum Gasteiger partial charge on any atom is 0.332 e. The number of carboxylic acids is 1. The van der Waals surface area contributed by atoms with Crippen molar-refractivity contribution in [3.63, 3.8) is 0 Å². The number of nitrogens with one attached hydrogen (secondary N) is 2. The van der Waals surface area contributed by atoms with Crippen molar-refractivity contribution in [1.29, 1.82) is 0 Å². The highest BCUT2D eigenvalue weighted by molar-refractivity contribution is 5.74. The topological polar surface area (TPSA) is 111 Å². The van der Waals surface area contributed by atoms with E-state index >= 15 is 0 Å². The third kappa shape index (κ3) is 4.83.